The van der Waals surface area contributed by atoms with Crippen LogP contribution >= 0.6 is 0 Å². The minimum Gasteiger partial charge on any atom is -0.454 e. The van der Waals surface area contributed by atoms with Crippen LogP contribution in [0.4, 0.5) is 0 Å². The molecule has 3 aliphatic rings. The molecule has 8 nitrogen and oxygen atoms in total. The van der Waals surface area contributed by atoms with E-state index in [0.717, 1.165) is 5.56 Å². The van der Waals surface area contributed by atoms with Crippen LogP contribution in [0.3, 0.4) is 0 Å². The maximum Gasteiger partial charge on any atom is 0.231 e. The lowest BCUT2D eigenvalue weighted by Gasteiger charge is -2.34. The molecule has 8 heteroatoms. The van der Waals surface area contributed by atoms with E-state index in [2.05, 4.69) is 5.32 Å². The van der Waals surface area contributed by atoms with Gasteiger partial charge in [-0.3, -0.25) is 14.4 Å². The second-order valence-corrected chi connectivity index (χ2v) is 7.19. The first-order valence-electron chi connectivity index (χ1n) is 9.23. The highest BCUT2D eigenvalue weighted by atomic mass is 16.7. The van der Waals surface area contributed by atoms with Gasteiger partial charge in [0.15, 0.2) is 11.5 Å². The van der Waals surface area contributed by atoms with E-state index in [0.29, 0.717) is 50.6 Å². The van der Waals surface area contributed by atoms with Gasteiger partial charge in [0.2, 0.25) is 24.5 Å². The summed E-state index contributed by atoms with van der Waals surface area (Å²) in [5.41, 5.74) is 0.927. The number of nitrogens with one attached hydrogen (secondary N) is 1. The molecule has 2 unspecified atom stereocenters. The van der Waals surface area contributed by atoms with Crippen molar-refractivity contribution in [1.82, 2.24) is 15.1 Å². The number of amides is 3. The third-order valence-corrected chi connectivity index (χ3v) is 5.38. The highest BCUT2D eigenvalue weighted by Gasteiger charge is 2.49. The van der Waals surface area contributed by atoms with Crippen molar-refractivity contribution in [2.45, 2.75) is 19.9 Å². The third kappa shape index (κ3) is 3.70. The van der Waals surface area contributed by atoms with Crippen LogP contribution < -0.4 is 14.8 Å². The second-order valence-electron chi connectivity index (χ2n) is 7.19. The van der Waals surface area contributed by atoms with Crippen LogP contribution in [0.15, 0.2) is 18.2 Å². The van der Waals surface area contributed by atoms with Crippen molar-refractivity contribution < 1.29 is 23.9 Å². The number of piperazine rings is 1. The topological polar surface area (TPSA) is 88.2 Å². The Labute approximate surface area is 157 Å². The van der Waals surface area contributed by atoms with Crippen LogP contribution in [0.25, 0.3) is 0 Å². The zero-order chi connectivity index (χ0) is 19.0. The van der Waals surface area contributed by atoms with Gasteiger partial charge in [0.25, 0.3) is 0 Å². The summed E-state index contributed by atoms with van der Waals surface area (Å²) in [6.07, 6.45) is 0.596. The SMILES string of the molecule is CC(=O)N1CCN(C(=O)C2CC2C(=O)NCc2ccc3c(c2)OCO3)CC1. The largest absolute Gasteiger partial charge is 0.454 e. The first-order valence-corrected chi connectivity index (χ1v) is 9.23. The van der Waals surface area contributed by atoms with Gasteiger partial charge in [-0.25, -0.2) is 0 Å². The summed E-state index contributed by atoms with van der Waals surface area (Å²) in [5, 5.41) is 2.90. The molecule has 2 atom stereocenters. The number of nitrogens with zero attached hydrogens (tertiary/aromatic N) is 2. The number of benzene rings is 1. The van der Waals surface area contributed by atoms with E-state index in [9.17, 15) is 14.4 Å². The van der Waals surface area contributed by atoms with Gasteiger partial charge in [-0.05, 0) is 24.1 Å². The highest BCUT2D eigenvalue weighted by molar-refractivity contribution is 5.92. The van der Waals surface area contributed by atoms with E-state index in [-0.39, 0.29) is 36.4 Å². The number of ether oxygens (including phenoxy) is 2. The third-order valence-electron chi connectivity index (χ3n) is 5.38. The number of fused-ring (bicyclic) bond motifs is 1. The Bertz CT molecular complexity index is 773. The van der Waals surface area contributed by atoms with Crippen molar-refractivity contribution in [3.05, 3.63) is 23.8 Å². The highest BCUT2D eigenvalue weighted by Crippen LogP contribution is 2.40. The summed E-state index contributed by atoms with van der Waals surface area (Å²) in [7, 11) is 0. The lowest BCUT2D eigenvalue weighted by atomic mass is 10.2. The molecule has 1 N–H and O–H groups in total. The molecule has 3 amide bonds. The van der Waals surface area contributed by atoms with Gasteiger partial charge >= 0.3 is 0 Å². The molecule has 2 heterocycles. The Morgan fingerprint density at radius 3 is 2.48 bits per heavy atom. The van der Waals surface area contributed by atoms with Gasteiger partial charge in [0.1, 0.15) is 0 Å². The molecule has 1 aromatic carbocycles. The van der Waals surface area contributed by atoms with Gasteiger partial charge < -0.3 is 24.6 Å². The number of carbonyl (C=O) groups excluding carboxylic acids is 3. The molecule has 4 rings (SSSR count). The summed E-state index contributed by atoms with van der Waals surface area (Å²) in [6, 6.07) is 5.57. The molecule has 1 aliphatic carbocycles. The minimum absolute atomic E-state index is 0.0291. The summed E-state index contributed by atoms with van der Waals surface area (Å²) >= 11 is 0. The Morgan fingerprint density at radius 1 is 1.04 bits per heavy atom. The minimum atomic E-state index is -0.252. The Kier molecular flexibility index (Phi) is 4.63. The zero-order valence-electron chi connectivity index (χ0n) is 15.3. The maximum atomic E-state index is 12.6. The van der Waals surface area contributed by atoms with Crippen LogP contribution in [-0.2, 0) is 20.9 Å². The second kappa shape index (κ2) is 7.09. The van der Waals surface area contributed by atoms with Gasteiger partial charge in [-0.15, -0.1) is 0 Å². The number of rotatable bonds is 4. The standard InChI is InChI=1S/C19H23N3O5/c1-12(23)21-4-6-22(7-5-21)19(25)15-9-14(15)18(24)20-10-13-2-3-16-17(8-13)27-11-26-16/h2-3,8,14-15H,4-7,9-11H2,1H3,(H,20,24). The van der Waals surface area contributed by atoms with Crippen LogP contribution in [0, 0.1) is 11.8 Å². The molecule has 2 fully saturated rings. The van der Waals surface area contributed by atoms with Crippen molar-refractivity contribution >= 4 is 17.7 Å². The molecule has 1 aromatic rings. The van der Waals surface area contributed by atoms with Crippen molar-refractivity contribution in [3.8, 4) is 11.5 Å². The number of carbonyl (C=O) groups is 3. The van der Waals surface area contributed by atoms with Crippen LogP contribution in [0.2, 0.25) is 0 Å². The fourth-order valence-electron chi connectivity index (χ4n) is 3.61. The summed E-state index contributed by atoms with van der Waals surface area (Å²) in [6.45, 7) is 4.37. The quantitative estimate of drug-likeness (QED) is 0.823. The van der Waals surface area contributed by atoms with Crippen molar-refractivity contribution in [3.63, 3.8) is 0 Å². The first-order chi connectivity index (χ1) is 13.0. The average molecular weight is 373 g/mol. The van der Waals surface area contributed by atoms with Gasteiger partial charge in [0, 0.05) is 39.6 Å². The van der Waals surface area contributed by atoms with Crippen LogP contribution in [0.1, 0.15) is 18.9 Å². The molecule has 2 aliphatic heterocycles. The predicted molar refractivity (Wildman–Crippen MR) is 94.8 cm³/mol. The Hall–Kier alpha value is -2.77. The lowest BCUT2D eigenvalue weighted by Crippen LogP contribution is -2.50. The molecule has 0 spiro atoms. The van der Waals surface area contributed by atoms with E-state index in [1.165, 1.54) is 0 Å². The van der Waals surface area contributed by atoms with Gasteiger partial charge in [-0.1, -0.05) is 6.07 Å². The Balaban J connectivity index is 1.24. The first kappa shape index (κ1) is 17.6. The molecule has 27 heavy (non-hydrogen) atoms. The summed E-state index contributed by atoms with van der Waals surface area (Å²) in [4.78, 5) is 39.8. The molecule has 1 saturated carbocycles. The monoisotopic (exact) mass is 373 g/mol. The molecule has 0 bridgehead atoms. The molecular weight excluding hydrogens is 350 g/mol. The lowest BCUT2D eigenvalue weighted by molar-refractivity contribution is -0.140. The maximum absolute atomic E-state index is 12.6. The zero-order valence-corrected chi connectivity index (χ0v) is 15.3. The van der Waals surface area contributed by atoms with E-state index in [1.807, 2.05) is 18.2 Å². The van der Waals surface area contributed by atoms with E-state index >= 15 is 0 Å². The fraction of sp³-hybridized carbons (Fsp3) is 0.526. The average Bonchev–Trinajstić information content (AvgIpc) is 3.35. The van der Waals surface area contributed by atoms with E-state index in [4.69, 9.17) is 9.47 Å². The van der Waals surface area contributed by atoms with Gasteiger partial charge in [-0.2, -0.15) is 0 Å². The van der Waals surface area contributed by atoms with Crippen molar-refractivity contribution in [1.29, 1.82) is 0 Å². The van der Waals surface area contributed by atoms with Crippen molar-refractivity contribution in [2.75, 3.05) is 33.0 Å². The Morgan fingerprint density at radius 2 is 1.74 bits per heavy atom. The molecular formula is C19H23N3O5. The fourth-order valence-corrected chi connectivity index (χ4v) is 3.61. The predicted octanol–water partition coefficient (Wildman–Crippen LogP) is 0.358. The van der Waals surface area contributed by atoms with E-state index < -0.39 is 0 Å². The summed E-state index contributed by atoms with van der Waals surface area (Å²) < 4.78 is 10.6. The molecule has 144 valence electrons. The number of hydrogen-bond donors (Lipinski definition) is 1. The van der Waals surface area contributed by atoms with E-state index in [1.54, 1.807) is 16.7 Å². The number of hydrogen-bond acceptors (Lipinski definition) is 5. The van der Waals surface area contributed by atoms with Crippen LogP contribution in [-0.4, -0.2) is 60.5 Å². The van der Waals surface area contributed by atoms with Crippen molar-refractivity contribution in [2.24, 2.45) is 11.8 Å². The smallest absolute Gasteiger partial charge is 0.231 e. The van der Waals surface area contributed by atoms with Gasteiger partial charge in [0.05, 0.1) is 11.8 Å². The molecule has 0 aromatic heterocycles. The molecule has 1 saturated heterocycles. The summed E-state index contributed by atoms with van der Waals surface area (Å²) in [5.74, 6) is 0.890. The van der Waals surface area contributed by atoms with Crippen LogP contribution in [0.5, 0.6) is 11.5 Å². The normalized spacial score (nSPS) is 23.1. The molecule has 0 radical (unpaired) electrons.